The Hall–Kier alpha value is 1.46. The van der Waals surface area contributed by atoms with Crippen LogP contribution in [0, 0.1) is 0 Å². The molecule has 0 aromatic heterocycles. The van der Waals surface area contributed by atoms with Gasteiger partial charge >= 0.3 is 45.4 Å². The average Bonchev–Trinajstić information content (AvgIpc) is 1.71. The quantitative estimate of drug-likeness (QED) is 0.372. The summed E-state index contributed by atoms with van der Waals surface area (Å²) in [6, 6.07) is 0. The van der Waals surface area contributed by atoms with Crippen LogP contribution in [0.1, 0.15) is 0 Å². The zero-order chi connectivity index (χ0) is 8.28. The second-order valence-electron chi connectivity index (χ2n) is 0.484. The van der Waals surface area contributed by atoms with Crippen LogP contribution in [-0.2, 0) is 40.4 Å². The maximum absolute atomic E-state index is 4.99. The van der Waals surface area contributed by atoms with E-state index in [4.69, 9.17) is 23.2 Å². The van der Waals surface area contributed by atoms with Gasteiger partial charge in [-0.3, -0.25) is 0 Å². The van der Waals surface area contributed by atoms with Crippen molar-refractivity contribution in [3.8, 4) is 0 Å². The largest absolute Gasteiger partial charge is 0.509 e. The number of halogens is 2. The molecule has 0 bridgehead atoms. The van der Waals surface area contributed by atoms with E-state index in [1.807, 2.05) is 0 Å². The molecule has 2 nitrogen and oxygen atoms in total. The van der Waals surface area contributed by atoms with Crippen molar-refractivity contribution >= 4 is 32.7 Å². The number of nitrogens with zero attached hydrogens (tertiary/aromatic N) is 1. The van der Waals surface area contributed by atoms with Crippen LogP contribution in [0.2, 0.25) is 0 Å². The Morgan fingerprint density at radius 2 is 1.50 bits per heavy atom. The van der Waals surface area contributed by atoms with E-state index < -0.39 is 0 Å². The van der Waals surface area contributed by atoms with Gasteiger partial charge in [-0.25, -0.2) is 0 Å². The fourth-order valence-electron chi connectivity index (χ4n) is 0. The van der Waals surface area contributed by atoms with E-state index in [1.165, 1.54) is 14.1 Å². The van der Waals surface area contributed by atoms with Crippen molar-refractivity contribution in [1.82, 2.24) is 0 Å². The van der Waals surface area contributed by atoms with Gasteiger partial charge in [-0.2, -0.15) is 0 Å². The summed E-state index contributed by atoms with van der Waals surface area (Å²) in [5.41, 5.74) is 4.50. The van der Waals surface area contributed by atoms with Crippen LogP contribution in [0.5, 0.6) is 0 Å². The van der Waals surface area contributed by atoms with Crippen molar-refractivity contribution in [3.05, 3.63) is 0 Å². The Morgan fingerprint density at radius 1 is 1.50 bits per heavy atom. The standard InChI is InChI=1S/C2H4N.CCl2.CH5N.2W/c1-3-2;2-1-3;1-2;;/h1H,2H3;;2H2,1H3;;/q-1;;;;. The summed E-state index contributed by atoms with van der Waals surface area (Å²) in [6.07, 6.45) is 0. The van der Waals surface area contributed by atoms with Crippen molar-refractivity contribution in [1.29, 1.82) is 0 Å². The summed E-state index contributed by atoms with van der Waals surface area (Å²) < 4.78 is 0.444. The van der Waals surface area contributed by atoms with Gasteiger partial charge < -0.3 is 17.4 Å². The fraction of sp³-hybridized carbons (Fsp3) is 0.500. The summed E-state index contributed by atoms with van der Waals surface area (Å²) in [7, 11) is 3.03. The minimum absolute atomic E-state index is 0. The second-order valence-corrected chi connectivity index (χ2v) is 4.69. The van der Waals surface area contributed by atoms with E-state index >= 15 is 0 Å². The molecule has 0 saturated carbocycles. The summed E-state index contributed by atoms with van der Waals surface area (Å²) >= 11 is 11.1. The Bertz CT molecular complexity index is 66.3. The van der Waals surface area contributed by atoms with E-state index in [-0.39, 0.29) is 21.1 Å². The van der Waals surface area contributed by atoms with E-state index in [0.29, 0.717) is 2.82 Å². The van der Waals surface area contributed by atoms with Crippen LogP contribution in [0.4, 0.5) is 0 Å². The number of aliphatic imine (C=N–C) groups is 1. The third-order valence-corrected chi connectivity index (χ3v) is 0. The molecule has 0 saturated heterocycles. The Kier molecular flexibility index (Phi) is 70.8. The molecule has 0 amide bonds. The summed E-state index contributed by atoms with van der Waals surface area (Å²) in [6.45, 7) is 4.47. The molecular formula is C4H9Cl2N2W2-. The number of hydrogen-bond donors (Lipinski definition) is 1. The van der Waals surface area contributed by atoms with Crippen molar-refractivity contribution in [2.24, 2.45) is 10.7 Å². The Morgan fingerprint density at radius 3 is 1.50 bits per heavy atom. The molecule has 0 radical (unpaired) electrons. The normalized spacial score (nSPS) is 4.50. The third-order valence-electron chi connectivity index (χ3n) is 0. The van der Waals surface area contributed by atoms with Gasteiger partial charge in [0.15, 0.2) is 0 Å². The molecule has 2 N–H and O–H groups in total. The van der Waals surface area contributed by atoms with Crippen LogP contribution in [0.3, 0.4) is 0 Å². The molecule has 10 heavy (non-hydrogen) atoms. The zero-order valence-electron chi connectivity index (χ0n) is 5.67. The van der Waals surface area contributed by atoms with Crippen LogP contribution < -0.4 is 5.73 Å². The summed E-state index contributed by atoms with van der Waals surface area (Å²) in [4.78, 5) is 3.00. The van der Waals surface area contributed by atoms with Crippen molar-refractivity contribution in [2.45, 2.75) is 0 Å². The van der Waals surface area contributed by atoms with Crippen LogP contribution in [0.15, 0.2) is 4.99 Å². The maximum Gasteiger partial charge on any atom is 0 e. The van der Waals surface area contributed by atoms with Crippen LogP contribution in [0.25, 0.3) is 0 Å². The van der Waals surface area contributed by atoms with Gasteiger partial charge in [-0.05, 0) is 14.1 Å². The molecule has 0 atom stereocenters. The predicted molar refractivity (Wildman–Crippen MR) is 41.2 cm³/mol. The Balaban J connectivity index is -0.0000000273. The molecule has 62 valence electrons. The molecule has 0 fully saturated rings. The molecule has 0 aliphatic heterocycles. The number of nitrogens with two attached hydrogens (primary N) is 1. The van der Waals surface area contributed by atoms with E-state index in [1.54, 1.807) is 0 Å². The monoisotopic (exact) mass is 523 g/mol. The first kappa shape index (κ1) is 22.5. The van der Waals surface area contributed by atoms with Gasteiger partial charge in [0.25, 0.3) is 0 Å². The van der Waals surface area contributed by atoms with Crippen LogP contribution in [-0.4, -0.2) is 23.6 Å². The third kappa shape index (κ3) is 319. The van der Waals surface area contributed by atoms with Crippen molar-refractivity contribution < 1.29 is 40.4 Å². The fourth-order valence-corrected chi connectivity index (χ4v) is 0. The number of rotatable bonds is 0. The predicted octanol–water partition coefficient (Wildman–Crippen LogP) is 0.864. The van der Waals surface area contributed by atoms with Gasteiger partial charge in [-0.1, -0.05) is 0 Å². The molecule has 6 heteroatoms. The van der Waals surface area contributed by atoms with E-state index in [9.17, 15) is 0 Å². The maximum atomic E-state index is 4.99. The minimum Gasteiger partial charge on any atom is -0.509 e. The molecule has 0 spiro atoms. The molecule has 0 rings (SSSR count). The van der Waals surface area contributed by atoms with Gasteiger partial charge in [-0.15, -0.1) is 0 Å². The smallest absolute Gasteiger partial charge is 0 e. The first-order valence-electron chi connectivity index (χ1n) is 1.86. The van der Waals surface area contributed by atoms with Gasteiger partial charge in [0, 0.05) is 21.1 Å². The summed E-state index contributed by atoms with van der Waals surface area (Å²) in [5, 5.41) is 0. The van der Waals surface area contributed by atoms with E-state index in [2.05, 4.69) is 17.4 Å². The minimum atomic E-state index is 0. The molecule has 0 unspecified atom stereocenters. The second kappa shape index (κ2) is 31.4. The molecule has 0 aromatic rings. The molecule has 0 aliphatic rings. The first-order valence-corrected chi connectivity index (χ1v) is 4.09. The van der Waals surface area contributed by atoms with E-state index in [0.717, 1.165) is 19.4 Å². The molecule has 0 aliphatic carbocycles. The molecular weight excluding hydrogens is 515 g/mol. The van der Waals surface area contributed by atoms with Crippen molar-refractivity contribution in [2.75, 3.05) is 14.1 Å². The first-order chi connectivity index (χ1) is 4.15. The zero-order valence-corrected chi connectivity index (χ0v) is 13.1. The number of hydrogen-bond acceptors (Lipinski definition) is 2. The van der Waals surface area contributed by atoms with Crippen molar-refractivity contribution in [3.63, 3.8) is 0 Å². The Labute approximate surface area is 97.2 Å². The SMILES string of the molecule is CN.Cl[C](Cl)=[W].[CH-]=NC.[W]. The topological polar surface area (TPSA) is 38.4 Å². The van der Waals surface area contributed by atoms with Gasteiger partial charge in [0.1, 0.15) is 0 Å². The van der Waals surface area contributed by atoms with Gasteiger partial charge in [0.05, 0.1) is 0 Å². The van der Waals surface area contributed by atoms with Gasteiger partial charge in [0.2, 0.25) is 0 Å². The van der Waals surface area contributed by atoms with Crippen LogP contribution >= 0.6 is 23.2 Å². The molecule has 0 aromatic carbocycles. The average molecular weight is 524 g/mol. The molecule has 0 heterocycles. The summed E-state index contributed by atoms with van der Waals surface area (Å²) in [5.74, 6) is 0.